The molecule has 0 bridgehead atoms. The molecule has 0 aliphatic carbocycles. The van der Waals surface area contributed by atoms with Gasteiger partial charge in [-0.25, -0.2) is 10.2 Å². The highest BCUT2D eigenvalue weighted by Gasteiger charge is 2.13. The average molecular weight is 457 g/mol. The van der Waals surface area contributed by atoms with Gasteiger partial charge in [-0.3, -0.25) is 9.59 Å². The number of carbonyl (C=O) groups is 3. The van der Waals surface area contributed by atoms with Crippen LogP contribution in [0.2, 0.25) is 0 Å². The predicted octanol–water partition coefficient (Wildman–Crippen LogP) is 3.71. The van der Waals surface area contributed by atoms with E-state index in [2.05, 4.69) is 15.8 Å². The zero-order chi connectivity index (χ0) is 24.3. The van der Waals surface area contributed by atoms with Crippen molar-refractivity contribution in [3.05, 3.63) is 95.6 Å². The van der Waals surface area contributed by atoms with E-state index in [9.17, 15) is 14.4 Å². The van der Waals surface area contributed by atoms with Crippen LogP contribution >= 0.6 is 0 Å². The third-order valence-corrected chi connectivity index (χ3v) is 4.47. The smallest absolute Gasteiger partial charge is 0.336 e. The molecule has 0 aliphatic heterocycles. The number of methoxy groups -OCH3 is 1. The summed E-state index contributed by atoms with van der Waals surface area (Å²) >= 11 is 0. The van der Waals surface area contributed by atoms with Gasteiger partial charge in [0.05, 0.1) is 13.3 Å². The van der Waals surface area contributed by atoms with Crippen LogP contribution in [0.3, 0.4) is 0 Å². The van der Waals surface area contributed by atoms with Crippen molar-refractivity contribution in [2.75, 3.05) is 12.4 Å². The summed E-state index contributed by atoms with van der Waals surface area (Å²) in [6.45, 7) is 1.88. The number of hydrogen-bond acceptors (Lipinski definition) is 6. The molecule has 0 fully saturated rings. The molecule has 8 heteroatoms. The van der Waals surface area contributed by atoms with Crippen molar-refractivity contribution in [2.24, 2.45) is 5.10 Å². The normalized spacial score (nSPS) is 10.8. The van der Waals surface area contributed by atoms with Crippen LogP contribution in [0.4, 0.5) is 5.69 Å². The lowest BCUT2D eigenvalue weighted by Gasteiger charge is -2.08. The largest absolute Gasteiger partial charge is 0.493 e. The fourth-order valence-electron chi connectivity index (χ4n) is 2.85. The first-order chi connectivity index (χ1) is 16.4. The van der Waals surface area contributed by atoms with Gasteiger partial charge in [0.15, 0.2) is 11.5 Å². The average Bonchev–Trinajstić information content (AvgIpc) is 2.84. The van der Waals surface area contributed by atoms with Gasteiger partial charge in [0.2, 0.25) is 0 Å². The van der Waals surface area contributed by atoms with E-state index in [4.69, 9.17) is 9.47 Å². The number of aryl methyl sites for hydroxylation is 1. The van der Waals surface area contributed by atoms with Crippen LogP contribution in [-0.4, -0.2) is 31.1 Å². The molecular weight excluding hydrogens is 434 g/mol. The van der Waals surface area contributed by atoms with Gasteiger partial charge in [-0.05, 0) is 60.0 Å². The van der Waals surface area contributed by atoms with Gasteiger partial charge in [-0.15, -0.1) is 0 Å². The van der Waals surface area contributed by atoms with Gasteiger partial charge < -0.3 is 14.8 Å². The van der Waals surface area contributed by atoms with Crippen LogP contribution in [0.15, 0.2) is 84.0 Å². The number of hydrogen-bond donors (Lipinski definition) is 2. The maximum atomic E-state index is 12.1. The minimum absolute atomic E-state index is 0.226. The molecule has 172 valence electrons. The second-order valence-corrected chi connectivity index (χ2v) is 7.10. The van der Waals surface area contributed by atoms with Crippen LogP contribution in [0.1, 0.15) is 16.7 Å². The van der Waals surface area contributed by atoms with Crippen molar-refractivity contribution < 1.29 is 23.9 Å². The summed E-state index contributed by atoms with van der Waals surface area (Å²) in [5.74, 6) is -1.79. The predicted molar refractivity (Wildman–Crippen MR) is 130 cm³/mol. The Morgan fingerprint density at radius 2 is 1.65 bits per heavy atom. The molecule has 0 heterocycles. The Morgan fingerprint density at radius 3 is 2.38 bits per heavy atom. The van der Waals surface area contributed by atoms with Gasteiger partial charge >= 0.3 is 17.8 Å². The molecule has 8 nitrogen and oxygen atoms in total. The molecule has 0 spiro atoms. The highest BCUT2D eigenvalue weighted by atomic mass is 16.6. The van der Waals surface area contributed by atoms with Crippen molar-refractivity contribution in [2.45, 2.75) is 6.92 Å². The maximum absolute atomic E-state index is 12.1. The minimum atomic E-state index is -0.916. The molecule has 0 radical (unpaired) electrons. The number of rotatable bonds is 7. The van der Waals surface area contributed by atoms with Crippen molar-refractivity contribution in [1.29, 1.82) is 0 Å². The lowest BCUT2D eigenvalue weighted by Crippen LogP contribution is -2.32. The third-order valence-electron chi connectivity index (χ3n) is 4.47. The topological polar surface area (TPSA) is 106 Å². The fourth-order valence-corrected chi connectivity index (χ4v) is 2.85. The summed E-state index contributed by atoms with van der Waals surface area (Å²) in [5, 5.41) is 6.29. The van der Waals surface area contributed by atoms with Crippen LogP contribution in [0.5, 0.6) is 11.5 Å². The monoisotopic (exact) mass is 457 g/mol. The van der Waals surface area contributed by atoms with Crippen LogP contribution in [0.25, 0.3) is 6.08 Å². The molecule has 0 atom stereocenters. The van der Waals surface area contributed by atoms with Gasteiger partial charge in [0.25, 0.3) is 0 Å². The Balaban J connectivity index is 1.57. The summed E-state index contributed by atoms with van der Waals surface area (Å²) in [5.41, 5.74) is 5.05. The van der Waals surface area contributed by atoms with Crippen molar-refractivity contribution in [3.8, 4) is 11.5 Å². The van der Waals surface area contributed by atoms with Crippen molar-refractivity contribution >= 4 is 35.8 Å². The van der Waals surface area contributed by atoms with Gasteiger partial charge in [0, 0.05) is 11.8 Å². The Morgan fingerprint density at radius 1 is 0.853 bits per heavy atom. The molecule has 2 N–H and O–H groups in total. The SMILES string of the molecule is COc1cc(/C=N/NC(=O)C(=O)Nc2cccc(C)c2)ccc1OC(=O)/C=C/c1ccccc1. The molecule has 34 heavy (non-hydrogen) atoms. The number of ether oxygens (including phenoxy) is 2. The third kappa shape index (κ3) is 7.16. The number of nitrogens with one attached hydrogen (secondary N) is 2. The van der Waals surface area contributed by atoms with Crippen LogP contribution in [0, 0.1) is 6.92 Å². The van der Waals surface area contributed by atoms with E-state index < -0.39 is 17.8 Å². The number of nitrogens with zero attached hydrogens (tertiary/aromatic N) is 1. The Labute approximate surface area is 196 Å². The van der Waals surface area contributed by atoms with E-state index in [1.54, 1.807) is 42.5 Å². The molecule has 3 aromatic carbocycles. The number of amides is 2. The molecule has 0 aromatic heterocycles. The number of anilines is 1. The molecule has 0 saturated carbocycles. The zero-order valence-corrected chi connectivity index (χ0v) is 18.6. The molecule has 0 aliphatic rings. The van der Waals surface area contributed by atoms with E-state index in [0.29, 0.717) is 17.0 Å². The molecule has 0 saturated heterocycles. The molecule has 0 unspecified atom stereocenters. The second-order valence-electron chi connectivity index (χ2n) is 7.10. The second kappa shape index (κ2) is 11.8. The van der Waals surface area contributed by atoms with E-state index >= 15 is 0 Å². The molecule has 2 amide bonds. The Kier molecular flexibility index (Phi) is 8.29. The Hall–Kier alpha value is -4.72. The summed E-state index contributed by atoms with van der Waals surface area (Å²) in [6, 6.07) is 21.2. The highest BCUT2D eigenvalue weighted by molar-refractivity contribution is 6.39. The Bertz CT molecular complexity index is 1240. The van der Waals surface area contributed by atoms with E-state index in [1.807, 2.05) is 43.3 Å². The van der Waals surface area contributed by atoms with E-state index in [0.717, 1.165) is 11.1 Å². The quantitative estimate of drug-likeness (QED) is 0.141. The lowest BCUT2D eigenvalue weighted by atomic mass is 10.2. The number of esters is 1. The highest BCUT2D eigenvalue weighted by Crippen LogP contribution is 2.27. The summed E-state index contributed by atoms with van der Waals surface area (Å²) in [6.07, 6.45) is 4.30. The summed E-state index contributed by atoms with van der Waals surface area (Å²) < 4.78 is 10.6. The number of benzene rings is 3. The summed E-state index contributed by atoms with van der Waals surface area (Å²) in [4.78, 5) is 36.1. The van der Waals surface area contributed by atoms with Crippen LogP contribution < -0.4 is 20.2 Å². The van der Waals surface area contributed by atoms with Crippen molar-refractivity contribution in [3.63, 3.8) is 0 Å². The standard InChI is InChI=1S/C26H23N3O5/c1-18-7-6-10-21(15-18)28-25(31)26(32)29-27-17-20-11-13-22(23(16-20)33-2)34-24(30)14-12-19-8-4-3-5-9-19/h3-17H,1-2H3,(H,28,31)(H,29,32)/b14-12+,27-17+. The zero-order valence-electron chi connectivity index (χ0n) is 18.6. The molecule has 3 aromatic rings. The van der Waals surface area contributed by atoms with Crippen LogP contribution in [-0.2, 0) is 14.4 Å². The van der Waals surface area contributed by atoms with Gasteiger partial charge in [0.1, 0.15) is 0 Å². The maximum Gasteiger partial charge on any atom is 0.336 e. The summed E-state index contributed by atoms with van der Waals surface area (Å²) in [7, 11) is 1.44. The molecule has 3 rings (SSSR count). The lowest BCUT2D eigenvalue weighted by molar-refractivity contribution is -0.136. The number of carbonyl (C=O) groups excluding carboxylic acids is 3. The first-order valence-corrected chi connectivity index (χ1v) is 10.3. The van der Waals surface area contributed by atoms with Gasteiger partial charge in [-0.1, -0.05) is 42.5 Å². The van der Waals surface area contributed by atoms with Crippen molar-refractivity contribution in [1.82, 2.24) is 5.43 Å². The van der Waals surface area contributed by atoms with E-state index in [-0.39, 0.29) is 5.75 Å². The first kappa shape index (κ1) is 23.9. The van der Waals surface area contributed by atoms with E-state index in [1.165, 1.54) is 19.4 Å². The molecular formula is C26H23N3O5. The number of hydrazone groups is 1. The van der Waals surface area contributed by atoms with Gasteiger partial charge in [-0.2, -0.15) is 5.10 Å². The minimum Gasteiger partial charge on any atom is -0.493 e. The fraction of sp³-hybridized carbons (Fsp3) is 0.0769. The first-order valence-electron chi connectivity index (χ1n) is 10.3.